The van der Waals surface area contributed by atoms with Crippen LogP contribution in [0.25, 0.3) is 17.1 Å². The van der Waals surface area contributed by atoms with Crippen molar-refractivity contribution in [2.24, 2.45) is 0 Å². The monoisotopic (exact) mass is 549 g/mol. The Morgan fingerprint density at radius 3 is 1.75 bits per heavy atom. The smallest absolute Gasteiger partial charge is 0.275 e. The van der Waals surface area contributed by atoms with E-state index in [2.05, 4.69) is 20.5 Å². The Labute approximate surface area is 234 Å². The van der Waals surface area contributed by atoms with E-state index in [0.717, 1.165) is 10.6 Å². The summed E-state index contributed by atoms with van der Waals surface area (Å²) in [5.74, 6) is -0.766. The van der Waals surface area contributed by atoms with Gasteiger partial charge in [-0.05, 0) is 56.5 Å². The topological polar surface area (TPSA) is 106 Å². The van der Waals surface area contributed by atoms with Crippen LogP contribution in [-0.2, 0) is 0 Å². The van der Waals surface area contributed by atoms with Crippen molar-refractivity contribution in [3.63, 3.8) is 0 Å². The quantitative estimate of drug-likeness (QED) is 0.280. The molecule has 10 heteroatoms. The van der Waals surface area contributed by atoms with E-state index in [1.165, 1.54) is 9.36 Å². The summed E-state index contributed by atoms with van der Waals surface area (Å²) in [7, 11) is 0. The average Bonchev–Trinajstić information content (AvgIpc) is 3.67. The molecule has 6 rings (SSSR count). The lowest BCUT2D eigenvalue weighted by atomic mass is 9.89. The lowest BCUT2D eigenvalue weighted by Crippen LogP contribution is -2.25. The lowest BCUT2D eigenvalue weighted by Gasteiger charge is -2.12. The zero-order valence-corrected chi connectivity index (χ0v) is 23.0. The fraction of sp³-hybridized carbons (Fsp3) is 0.133. The van der Waals surface area contributed by atoms with E-state index in [1.54, 1.807) is 22.6 Å². The zero-order chi connectivity index (χ0) is 27.8. The van der Waals surface area contributed by atoms with Crippen LogP contribution in [0.2, 0.25) is 0 Å². The van der Waals surface area contributed by atoms with Gasteiger partial charge in [0, 0.05) is 16.3 Å². The predicted molar refractivity (Wildman–Crippen MR) is 156 cm³/mol. The summed E-state index contributed by atoms with van der Waals surface area (Å²) < 4.78 is 4.70. The summed E-state index contributed by atoms with van der Waals surface area (Å²) >= 11 is 1.61. The van der Waals surface area contributed by atoms with Crippen molar-refractivity contribution in [2.45, 2.75) is 24.7 Å². The van der Waals surface area contributed by atoms with Crippen molar-refractivity contribution in [3.8, 4) is 17.1 Å². The number of hydrogen-bond acceptors (Lipinski definition) is 5. The molecule has 0 radical (unpaired) electrons. The summed E-state index contributed by atoms with van der Waals surface area (Å²) in [4.78, 5) is 29.1. The molecular formula is C30H27N7O2S. The molecule has 40 heavy (non-hydrogen) atoms. The molecule has 0 atom stereocenters. The first kappa shape index (κ1) is 25.4. The third kappa shape index (κ3) is 4.32. The number of benzene rings is 3. The van der Waals surface area contributed by atoms with Gasteiger partial charge in [0.15, 0.2) is 0 Å². The number of nitrogens with zero attached hydrogens (tertiary/aromatic N) is 5. The summed E-state index contributed by atoms with van der Waals surface area (Å²) in [5, 5.41) is 15.4. The largest absolute Gasteiger partial charge is 0.295 e. The Bertz CT molecular complexity index is 1820. The number of aryl methyl sites for hydroxylation is 2. The van der Waals surface area contributed by atoms with Crippen LogP contribution in [0.15, 0.2) is 106 Å². The van der Waals surface area contributed by atoms with E-state index in [9.17, 15) is 9.59 Å². The van der Waals surface area contributed by atoms with E-state index in [0.29, 0.717) is 39.6 Å². The Morgan fingerprint density at radius 1 is 0.725 bits per heavy atom. The maximum Gasteiger partial charge on any atom is 0.275 e. The fourth-order valence-electron chi connectivity index (χ4n) is 5.10. The highest BCUT2D eigenvalue weighted by atomic mass is 32.2. The highest BCUT2D eigenvalue weighted by molar-refractivity contribution is 7.98. The molecule has 0 saturated carbocycles. The highest BCUT2D eigenvalue weighted by Gasteiger charge is 2.33. The van der Waals surface area contributed by atoms with Gasteiger partial charge < -0.3 is 0 Å². The first-order chi connectivity index (χ1) is 19.5. The van der Waals surface area contributed by atoms with Crippen LogP contribution < -0.4 is 11.1 Å². The molecule has 0 spiro atoms. The molecule has 0 aliphatic heterocycles. The second-order valence-corrected chi connectivity index (χ2v) is 10.3. The van der Waals surface area contributed by atoms with Crippen molar-refractivity contribution >= 4 is 11.8 Å². The van der Waals surface area contributed by atoms with E-state index >= 15 is 0 Å². The van der Waals surface area contributed by atoms with Gasteiger partial charge in [-0.15, -0.1) is 16.9 Å². The maximum atomic E-state index is 14.0. The summed E-state index contributed by atoms with van der Waals surface area (Å²) in [6.07, 6.45) is 3.81. The van der Waals surface area contributed by atoms with Crippen molar-refractivity contribution < 1.29 is 0 Å². The molecule has 0 bridgehead atoms. The average molecular weight is 550 g/mol. The van der Waals surface area contributed by atoms with Crippen LogP contribution in [-0.4, -0.2) is 40.8 Å². The van der Waals surface area contributed by atoms with Crippen LogP contribution in [0.1, 0.15) is 34.1 Å². The SMILES string of the molecule is CSc1ccccc1-n1cc(C(c2c(C)[nH]n(-c3ccccc3)c2=O)c2c(C)[nH]n(-c3ccccc3)c2=O)nn1. The molecule has 0 aliphatic rings. The second kappa shape index (κ2) is 10.4. The molecule has 0 fully saturated rings. The minimum atomic E-state index is -0.766. The molecule has 0 unspecified atom stereocenters. The number of hydrogen-bond donors (Lipinski definition) is 2. The molecule has 9 nitrogen and oxygen atoms in total. The van der Waals surface area contributed by atoms with Gasteiger partial charge in [-0.2, -0.15) is 0 Å². The van der Waals surface area contributed by atoms with Crippen molar-refractivity contribution in [3.05, 3.63) is 140 Å². The van der Waals surface area contributed by atoms with Gasteiger partial charge in [-0.1, -0.05) is 53.7 Å². The predicted octanol–water partition coefficient (Wildman–Crippen LogP) is 4.74. The lowest BCUT2D eigenvalue weighted by molar-refractivity contribution is 0.780. The Hall–Kier alpha value is -4.83. The van der Waals surface area contributed by atoms with Crippen LogP contribution in [0.5, 0.6) is 0 Å². The number of aromatic amines is 2. The zero-order valence-electron chi connectivity index (χ0n) is 22.2. The van der Waals surface area contributed by atoms with Gasteiger partial charge in [0.2, 0.25) is 0 Å². The second-order valence-electron chi connectivity index (χ2n) is 9.45. The number of para-hydroxylation sites is 3. The number of rotatable bonds is 7. The van der Waals surface area contributed by atoms with Gasteiger partial charge in [0.05, 0.1) is 46.0 Å². The van der Waals surface area contributed by atoms with Crippen molar-refractivity contribution in [1.82, 2.24) is 34.6 Å². The molecule has 3 aromatic carbocycles. The molecule has 2 N–H and O–H groups in total. The summed E-state index contributed by atoms with van der Waals surface area (Å²) in [6, 6.07) is 26.6. The van der Waals surface area contributed by atoms with Crippen LogP contribution in [0.4, 0.5) is 0 Å². The fourth-order valence-corrected chi connectivity index (χ4v) is 5.69. The van der Waals surface area contributed by atoms with E-state index in [-0.39, 0.29) is 11.1 Å². The van der Waals surface area contributed by atoms with Crippen LogP contribution >= 0.6 is 11.8 Å². The first-order valence-corrected chi connectivity index (χ1v) is 14.0. The molecule has 6 aromatic rings. The van der Waals surface area contributed by atoms with Gasteiger partial charge in [0.25, 0.3) is 11.1 Å². The highest BCUT2D eigenvalue weighted by Crippen LogP contribution is 2.32. The number of H-pyrrole nitrogens is 2. The maximum absolute atomic E-state index is 14.0. The van der Waals surface area contributed by atoms with Gasteiger partial charge in [0.1, 0.15) is 0 Å². The minimum absolute atomic E-state index is 0.251. The summed E-state index contributed by atoms with van der Waals surface area (Å²) in [5.41, 5.74) is 4.42. The number of thioether (sulfide) groups is 1. The van der Waals surface area contributed by atoms with Gasteiger partial charge in [-0.25, -0.2) is 14.0 Å². The van der Waals surface area contributed by atoms with E-state index < -0.39 is 5.92 Å². The molecule has 3 heterocycles. The van der Waals surface area contributed by atoms with Crippen LogP contribution in [0.3, 0.4) is 0 Å². The molecule has 200 valence electrons. The molecule has 0 saturated heterocycles. The number of aromatic nitrogens is 7. The molecule has 3 aromatic heterocycles. The van der Waals surface area contributed by atoms with Crippen molar-refractivity contribution in [1.29, 1.82) is 0 Å². The van der Waals surface area contributed by atoms with Gasteiger partial charge in [-0.3, -0.25) is 19.8 Å². The summed E-state index contributed by atoms with van der Waals surface area (Å²) in [6.45, 7) is 3.68. The first-order valence-electron chi connectivity index (χ1n) is 12.8. The molecule has 0 aliphatic carbocycles. The minimum Gasteiger partial charge on any atom is -0.295 e. The Morgan fingerprint density at radius 2 is 1.23 bits per heavy atom. The molecular weight excluding hydrogens is 522 g/mol. The normalized spacial score (nSPS) is 11.4. The van der Waals surface area contributed by atoms with Crippen molar-refractivity contribution in [2.75, 3.05) is 6.26 Å². The third-order valence-corrected chi connectivity index (χ3v) is 7.76. The number of nitrogens with one attached hydrogen (secondary N) is 2. The van der Waals surface area contributed by atoms with Gasteiger partial charge >= 0.3 is 0 Å². The molecule has 0 amide bonds. The van der Waals surface area contributed by atoms with Crippen LogP contribution in [0, 0.1) is 13.8 Å². The Kier molecular flexibility index (Phi) is 6.61. The van der Waals surface area contributed by atoms with E-state index in [1.807, 2.05) is 105 Å². The van der Waals surface area contributed by atoms with E-state index in [4.69, 9.17) is 0 Å². The Balaban J connectivity index is 1.58. The third-order valence-electron chi connectivity index (χ3n) is 6.98. The standard InChI is InChI=1S/C30H27N7O2S/c1-19-26(29(38)36(32-19)21-12-6-4-7-13-21)28(23-18-35(34-31-23)24-16-10-11-17-25(24)40-3)27-20(2)33-37(30(27)39)22-14-8-5-9-15-22/h4-18,28,32-33H,1-3H3.